The number of aliphatic imine (C=N–C) groups is 1. The Balaban J connectivity index is 2.97. The molecule has 0 aliphatic rings. The number of benzene rings is 1. The van der Waals surface area contributed by atoms with Crippen LogP contribution in [0.4, 0.5) is 5.69 Å². The molecular weight excluding hydrogens is 198 g/mol. The summed E-state index contributed by atoms with van der Waals surface area (Å²) in [5.74, 6) is 6.28. The molecule has 0 radical (unpaired) electrons. The fraction of sp³-hybridized carbons (Fsp3) is 0.182. The highest BCUT2D eigenvalue weighted by Crippen LogP contribution is 2.16. The van der Waals surface area contributed by atoms with Gasteiger partial charge in [0.25, 0.3) is 0 Å². The van der Waals surface area contributed by atoms with Crippen LogP contribution in [0.15, 0.2) is 29.3 Å². The van der Waals surface area contributed by atoms with E-state index in [1.54, 1.807) is 18.2 Å². The zero-order valence-electron chi connectivity index (χ0n) is 7.46. The molecule has 0 heterocycles. The number of isocyanates is 1. The first-order valence-electron chi connectivity index (χ1n) is 4.10. The van der Waals surface area contributed by atoms with Crippen molar-refractivity contribution in [1.29, 1.82) is 0 Å². The van der Waals surface area contributed by atoms with Crippen molar-refractivity contribution < 1.29 is 4.79 Å². The molecule has 1 aromatic rings. The van der Waals surface area contributed by atoms with Gasteiger partial charge in [-0.2, -0.15) is 4.99 Å². The summed E-state index contributed by atoms with van der Waals surface area (Å²) in [6.07, 6.45) is 2.12. The lowest BCUT2D eigenvalue weighted by molar-refractivity contribution is 0.565. The zero-order chi connectivity index (χ0) is 10.2. The largest absolute Gasteiger partial charge is 0.240 e. The molecule has 1 aromatic carbocycles. The predicted octanol–water partition coefficient (Wildman–Crippen LogP) is 2.63. The van der Waals surface area contributed by atoms with E-state index < -0.39 is 0 Å². The lowest BCUT2D eigenvalue weighted by Gasteiger charge is -1.93. The van der Waals surface area contributed by atoms with Gasteiger partial charge in [-0.25, -0.2) is 4.79 Å². The van der Waals surface area contributed by atoms with Gasteiger partial charge in [0.15, 0.2) is 0 Å². The molecule has 2 nitrogen and oxygen atoms in total. The molecule has 0 amide bonds. The molecule has 0 aliphatic heterocycles. The molecule has 70 valence electrons. The summed E-state index contributed by atoms with van der Waals surface area (Å²) in [5.41, 5.74) is 1.27. The maximum absolute atomic E-state index is 10.1. The average Bonchev–Trinajstić information content (AvgIpc) is 2.21. The molecule has 0 fully saturated rings. The Morgan fingerprint density at radius 2 is 2.14 bits per heavy atom. The minimum Gasteiger partial charge on any atom is -0.211 e. The van der Waals surface area contributed by atoms with Gasteiger partial charge >= 0.3 is 0 Å². The molecule has 1 rings (SSSR count). The minimum atomic E-state index is 0.506. The third-order valence-electron chi connectivity index (χ3n) is 1.51. The van der Waals surface area contributed by atoms with Crippen LogP contribution in [0.5, 0.6) is 0 Å². The van der Waals surface area contributed by atoms with Crippen molar-refractivity contribution in [1.82, 2.24) is 0 Å². The summed E-state index contributed by atoms with van der Waals surface area (Å²) in [6.45, 7) is 0. The third kappa shape index (κ3) is 3.06. The SMILES string of the molecule is O=C=Nc1ccccc1C#CCCCl. The van der Waals surface area contributed by atoms with Crippen molar-refractivity contribution in [2.45, 2.75) is 6.42 Å². The second-order valence-electron chi connectivity index (χ2n) is 2.46. The fourth-order valence-electron chi connectivity index (χ4n) is 0.931. The third-order valence-corrected chi connectivity index (χ3v) is 1.70. The van der Waals surface area contributed by atoms with Crippen LogP contribution in [0.1, 0.15) is 12.0 Å². The van der Waals surface area contributed by atoms with Crippen molar-refractivity contribution in [3.63, 3.8) is 0 Å². The zero-order valence-corrected chi connectivity index (χ0v) is 8.21. The van der Waals surface area contributed by atoms with Crippen molar-refractivity contribution in [2.75, 3.05) is 5.88 Å². The monoisotopic (exact) mass is 205 g/mol. The summed E-state index contributed by atoms with van der Waals surface area (Å²) >= 11 is 5.48. The molecule has 14 heavy (non-hydrogen) atoms. The Kier molecular flexibility index (Phi) is 4.50. The van der Waals surface area contributed by atoms with Crippen molar-refractivity contribution in [2.24, 2.45) is 4.99 Å². The number of hydrogen-bond acceptors (Lipinski definition) is 2. The Morgan fingerprint density at radius 1 is 1.36 bits per heavy atom. The van der Waals surface area contributed by atoms with Gasteiger partial charge in [-0.05, 0) is 12.1 Å². The van der Waals surface area contributed by atoms with Crippen LogP contribution in [0, 0.1) is 11.8 Å². The number of hydrogen-bond donors (Lipinski definition) is 0. The Hall–Kier alpha value is -1.55. The molecule has 3 heteroatoms. The summed E-state index contributed by atoms with van der Waals surface area (Å²) in [7, 11) is 0. The quantitative estimate of drug-likeness (QED) is 0.316. The summed E-state index contributed by atoms with van der Waals surface area (Å²) in [4.78, 5) is 13.6. The van der Waals surface area contributed by atoms with Crippen LogP contribution in [-0.4, -0.2) is 12.0 Å². The highest BCUT2D eigenvalue weighted by molar-refractivity contribution is 6.18. The van der Waals surface area contributed by atoms with Gasteiger partial charge in [0.1, 0.15) is 0 Å². The van der Waals surface area contributed by atoms with Crippen LogP contribution < -0.4 is 0 Å². The van der Waals surface area contributed by atoms with E-state index >= 15 is 0 Å². The molecule has 0 spiro atoms. The topological polar surface area (TPSA) is 29.4 Å². The van der Waals surface area contributed by atoms with Crippen molar-refractivity contribution in [3.8, 4) is 11.8 Å². The molecule has 0 bridgehead atoms. The van der Waals surface area contributed by atoms with E-state index in [1.807, 2.05) is 6.07 Å². The van der Waals surface area contributed by atoms with E-state index in [0.717, 1.165) is 5.56 Å². The lowest BCUT2D eigenvalue weighted by Crippen LogP contribution is -1.76. The predicted molar refractivity (Wildman–Crippen MR) is 56.4 cm³/mol. The molecule has 0 saturated carbocycles. The van der Waals surface area contributed by atoms with Gasteiger partial charge in [-0.3, -0.25) is 0 Å². The highest BCUT2D eigenvalue weighted by atomic mass is 35.5. The molecule has 0 aromatic heterocycles. The number of carbonyl (C=O) groups excluding carboxylic acids is 1. The normalized spacial score (nSPS) is 8.36. The number of rotatable bonds is 2. The van der Waals surface area contributed by atoms with Crippen LogP contribution in [0.2, 0.25) is 0 Å². The standard InChI is InChI=1S/C11H8ClNO/c12-8-4-3-6-10-5-1-2-7-11(10)13-9-14/h1-2,5,7H,4,8H2. The van der Waals surface area contributed by atoms with Crippen LogP contribution in [-0.2, 0) is 4.79 Å². The van der Waals surface area contributed by atoms with Crippen LogP contribution in [0.3, 0.4) is 0 Å². The first kappa shape index (κ1) is 10.5. The number of para-hydroxylation sites is 1. The number of halogens is 1. The van der Waals surface area contributed by atoms with E-state index in [-0.39, 0.29) is 0 Å². The smallest absolute Gasteiger partial charge is 0.211 e. The van der Waals surface area contributed by atoms with Gasteiger partial charge in [0.05, 0.1) is 11.3 Å². The molecule has 0 unspecified atom stereocenters. The first-order chi connectivity index (χ1) is 6.88. The first-order valence-corrected chi connectivity index (χ1v) is 4.63. The summed E-state index contributed by atoms with van der Waals surface area (Å²) in [6, 6.07) is 7.16. The number of alkyl halides is 1. The van der Waals surface area contributed by atoms with Gasteiger partial charge in [-0.1, -0.05) is 24.0 Å². The molecule has 0 atom stereocenters. The van der Waals surface area contributed by atoms with Crippen LogP contribution >= 0.6 is 11.6 Å². The van der Waals surface area contributed by atoms with E-state index in [9.17, 15) is 4.79 Å². The Morgan fingerprint density at radius 3 is 2.86 bits per heavy atom. The average molecular weight is 206 g/mol. The molecule has 0 aliphatic carbocycles. The second-order valence-corrected chi connectivity index (χ2v) is 2.84. The maximum Gasteiger partial charge on any atom is 0.240 e. The Labute approximate surface area is 87.6 Å². The molecular formula is C11H8ClNO. The van der Waals surface area contributed by atoms with Gasteiger partial charge in [0, 0.05) is 12.3 Å². The van der Waals surface area contributed by atoms with Gasteiger partial charge in [-0.15, -0.1) is 11.6 Å². The van der Waals surface area contributed by atoms with Crippen LogP contribution in [0.25, 0.3) is 0 Å². The molecule has 0 N–H and O–H groups in total. The van der Waals surface area contributed by atoms with Gasteiger partial charge < -0.3 is 0 Å². The second kappa shape index (κ2) is 5.99. The Bertz CT molecular complexity index is 411. The summed E-state index contributed by atoms with van der Waals surface area (Å²) < 4.78 is 0. The maximum atomic E-state index is 10.1. The van der Waals surface area contributed by atoms with Crippen molar-refractivity contribution in [3.05, 3.63) is 29.8 Å². The lowest BCUT2D eigenvalue weighted by atomic mass is 10.2. The van der Waals surface area contributed by atoms with E-state index in [1.165, 1.54) is 6.08 Å². The van der Waals surface area contributed by atoms with E-state index in [2.05, 4.69) is 16.8 Å². The highest BCUT2D eigenvalue weighted by Gasteiger charge is 1.94. The molecule has 0 saturated heterocycles. The number of nitrogens with zero attached hydrogens (tertiary/aromatic N) is 1. The fourth-order valence-corrected chi connectivity index (χ4v) is 1.03. The van der Waals surface area contributed by atoms with Crippen molar-refractivity contribution >= 4 is 23.4 Å². The van der Waals surface area contributed by atoms with E-state index in [4.69, 9.17) is 11.6 Å². The van der Waals surface area contributed by atoms with E-state index in [0.29, 0.717) is 18.0 Å². The minimum absolute atomic E-state index is 0.506. The van der Waals surface area contributed by atoms with Gasteiger partial charge in [0.2, 0.25) is 6.08 Å². The summed E-state index contributed by atoms with van der Waals surface area (Å²) in [5, 5.41) is 0.